The highest BCUT2D eigenvalue weighted by Crippen LogP contribution is 2.23. The summed E-state index contributed by atoms with van der Waals surface area (Å²) in [4.78, 5) is 37.6. The van der Waals surface area contributed by atoms with Crippen LogP contribution in [0.2, 0.25) is 0 Å². The molecule has 258 valence electrons. The minimum atomic E-state index is -1.43. The average Bonchev–Trinajstić information content (AvgIpc) is 3.08. The molecular formula is C39H39F3O7. The lowest BCUT2D eigenvalue weighted by molar-refractivity contribution is 0.0707. The zero-order valence-electron chi connectivity index (χ0n) is 27.4. The molecule has 4 aromatic rings. The second kappa shape index (κ2) is 19.0. The topological polar surface area (TPSA) is 88.1 Å². The van der Waals surface area contributed by atoms with Gasteiger partial charge in [-0.2, -0.15) is 0 Å². The van der Waals surface area contributed by atoms with Gasteiger partial charge < -0.3 is 18.9 Å². The molecule has 0 saturated heterocycles. The monoisotopic (exact) mass is 676 g/mol. The molecule has 0 aliphatic carbocycles. The summed E-state index contributed by atoms with van der Waals surface area (Å²) in [5.41, 5.74) is -0.895. The van der Waals surface area contributed by atoms with Gasteiger partial charge in [-0.15, -0.1) is 0 Å². The molecule has 4 aromatic carbocycles. The second-order valence-corrected chi connectivity index (χ2v) is 11.5. The van der Waals surface area contributed by atoms with Crippen LogP contribution in [0.15, 0.2) is 84.9 Å². The van der Waals surface area contributed by atoms with Crippen molar-refractivity contribution in [1.29, 1.82) is 0 Å². The van der Waals surface area contributed by atoms with Crippen LogP contribution in [0.25, 0.3) is 0 Å². The first-order valence-corrected chi connectivity index (χ1v) is 16.5. The lowest BCUT2D eigenvalue weighted by atomic mass is 10.1. The smallest absolute Gasteiger partial charge is 0.349 e. The molecule has 0 aromatic heterocycles. The summed E-state index contributed by atoms with van der Waals surface area (Å²) < 4.78 is 62.6. The van der Waals surface area contributed by atoms with Crippen molar-refractivity contribution in [3.63, 3.8) is 0 Å². The normalized spacial score (nSPS) is 10.8. The van der Waals surface area contributed by atoms with Gasteiger partial charge in [0.05, 0.1) is 17.7 Å². The number of halogens is 3. The maximum absolute atomic E-state index is 13.9. The largest absolute Gasteiger partial charge is 0.494 e. The van der Waals surface area contributed by atoms with Crippen LogP contribution >= 0.6 is 0 Å². The Bertz CT molecular complexity index is 1670. The Hall–Kier alpha value is -5.12. The molecule has 49 heavy (non-hydrogen) atoms. The van der Waals surface area contributed by atoms with Crippen LogP contribution in [0.4, 0.5) is 13.2 Å². The number of benzene rings is 4. The number of unbranched alkanes of at least 4 members (excludes halogenated alkanes) is 9. The molecule has 4 rings (SSSR count). The summed E-state index contributed by atoms with van der Waals surface area (Å²) in [6, 6.07) is 18.3. The van der Waals surface area contributed by atoms with Crippen LogP contribution in [0.1, 0.15) is 102 Å². The van der Waals surface area contributed by atoms with E-state index in [2.05, 4.69) is 6.92 Å². The molecule has 0 radical (unpaired) electrons. The molecule has 0 saturated carbocycles. The van der Waals surface area contributed by atoms with Crippen LogP contribution in [-0.2, 0) is 0 Å². The van der Waals surface area contributed by atoms with Gasteiger partial charge in [0.2, 0.25) is 0 Å². The Morgan fingerprint density at radius 3 is 1.59 bits per heavy atom. The quantitative estimate of drug-likeness (QED) is 0.0589. The number of hydrogen-bond donors (Lipinski definition) is 0. The molecule has 0 bridgehead atoms. The SMILES string of the molecule is CCCCCCCCCCCCOc1ccc(OC(=O)c2ccc(OC(=O)c3cccc(OC(=O)c4c(F)cc(F)cc4F)c3)cc2)cc1. The Kier molecular flexibility index (Phi) is 14.3. The highest BCUT2D eigenvalue weighted by molar-refractivity contribution is 5.94. The minimum absolute atomic E-state index is 0.0373. The van der Waals surface area contributed by atoms with Gasteiger partial charge in [-0.3, -0.25) is 0 Å². The van der Waals surface area contributed by atoms with E-state index in [9.17, 15) is 27.6 Å². The van der Waals surface area contributed by atoms with E-state index in [0.29, 0.717) is 30.2 Å². The Morgan fingerprint density at radius 2 is 1.00 bits per heavy atom. The summed E-state index contributed by atoms with van der Waals surface area (Å²) in [5, 5.41) is 0. The molecule has 0 aliphatic heterocycles. The van der Waals surface area contributed by atoms with E-state index in [1.54, 1.807) is 24.3 Å². The van der Waals surface area contributed by atoms with Gasteiger partial charge in [-0.05, 0) is 73.2 Å². The standard InChI is InChI=1S/C39H39F3O7/c1-2-3-4-5-6-7-8-9-10-11-23-46-30-19-21-32(22-20-30)47-37(43)27-15-17-31(18-16-27)48-38(44)28-13-12-14-33(24-28)49-39(45)36-34(41)25-29(40)26-35(36)42/h12-22,24-26H,2-11,23H2,1H3. The molecule has 10 heteroatoms. The molecule has 0 N–H and O–H groups in total. The summed E-state index contributed by atoms with van der Waals surface area (Å²) in [6.45, 7) is 2.86. The molecule has 0 unspecified atom stereocenters. The van der Waals surface area contributed by atoms with Gasteiger partial charge in [-0.1, -0.05) is 70.8 Å². The van der Waals surface area contributed by atoms with Crippen molar-refractivity contribution in [2.75, 3.05) is 6.61 Å². The van der Waals surface area contributed by atoms with Gasteiger partial charge in [0.1, 0.15) is 46.0 Å². The molecule has 0 heterocycles. The molecule has 0 aliphatic rings. The molecular weight excluding hydrogens is 637 g/mol. The number of carbonyl (C=O) groups excluding carboxylic acids is 3. The number of ether oxygens (including phenoxy) is 4. The van der Waals surface area contributed by atoms with Gasteiger partial charge >= 0.3 is 17.9 Å². The van der Waals surface area contributed by atoms with Crippen molar-refractivity contribution < 1.29 is 46.5 Å². The Labute approximate surface area is 284 Å². The highest BCUT2D eigenvalue weighted by Gasteiger charge is 2.22. The van der Waals surface area contributed by atoms with Crippen molar-refractivity contribution in [3.8, 4) is 23.0 Å². The molecule has 7 nitrogen and oxygen atoms in total. The van der Waals surface area contributed by atoms with Crippen molar-refractivity contribution in [3.05, 3.63) is 119 Å². The fourth-order valence-corrected chi connectivity index (χ4v) is 4.96. The van der Waals surface area contributed by atoms with E-state index in [0.717, 1.165) is 18.9 Å². The van der Waals surface area contributed by atoms with E-state index in [1.165, 1.54) is 93.8 Å². The second-order valence-electron chi connectivity index (χ2n) is 11.5. The lowest BCUT2D eigenvalue weighted by Crippen LogP contribution is -2.14. The van der Waals surface area contributed by atoms with Gasteiger partial charge in [0, 0.05) is 12.1 Å². The van der Waals surface area contributed by atoms with Crippen molar-refractivity contribution >= 4 is 17.9 Å². The zero-order chi connectivity index (χ0) is 35.0. The predicted octanol–water partition coefficient (Wildman–Crippen LogP) is 10.1. The number of hydrogen-bond acceptors (Lipinski definition) is 7. The number of carbonyl (C=O) groups is 3. The van der Waals surface area contributed by atoms with E-state index in [1.807, 2.05) is 0 Å². The summed E-state index contributed by atoms with van der Waals surface area (Å²) in [5.74, 6) is -5.94. The maximum Gasteiger partial charge on any atom is 0.349 e. The van der Waals surface area contributed by atoms with E-state index >= 15 is 0 Å². The summed E-state index contributed by atoms with van der Waals surface area (Å²) in [7, 11) is 0. The first kappa shape index (κ1) is 36.7. The predicted molar refractivity (Wildman–Crippen MR) is 178 cm³/mol. The van der Waals surface area contributed by atoms with Crippen LogP contribution in [0.3, 0.4) is 0 Å². The van der Waals surface area contributed by atoms with Crippen molar-refractivity contribution in [1.82, 2.24) is 0 Å². The fraction of sp³-hybridized carbons (Fsp3) is 0.308. The lowest BCUT2D eigenvalue weighted by Gasteiger charge is -2.09. The van der Waals surface area contributed by atoms with Gasteiger partial charge in [0.25, 0.3) is 0 Å². The third-order valence-corrected chi connectivity index (χ3v) is 7.59. The Morgan fingerprint density at radius 1 is 0.510 bits per heavy atom. The van der Waals surface area contributed by atoms with Crippen LogP contribution in [0.5, 0.6) is 23.0 Å². The molecule has 0 spiro atoms. The van der Waals surface area contributed by atoms with Gasteiger partial charge in [-0.25, -0.2) is 27.6 Å². The molecule has 0 atom stereocenters. The Balaban J connectivity index is 1.19. The number of esters is 3. The van der Waals surface area contributed by atoms with Crippen LogP contribution in [-0.4, -0.2) is 24.5 Å². The van der Waals surface area contributed by atoms with Crippen LogP contribution in [0, 0.1) is 17.5 Å². The van der Waals surface area contributed by atoms with Gasteiger partial charge in [0.15, 0.2) is 0 Å². The molecule has 0 amide bonds. The maximum atomic E-state index is 13.9. The summed E-state index contributed by atoms with van der Waals surface area (Å²) >= 11 is 0. The zero-order valence-corrected chi connectivity index (χ0v) is 27.4. The van der Waals surface area contributed by atoms with Crippen molar-refractivity contribution in [2.24, 2.45) is 0 Å². The average molecular weight is 677 g/mol. The highest BCUT2D eigenvalue weighted by atomic mass is 19.1. The first-order valence-electron chi connectivity index (χ1n) is 16.5. The van der Waals surface area contributed by atoms with Crippen LogP contribution < -0.4 is 18.9 Å². The van der Waals surface area contributed by atoms with E-state index < -0.39 is 40.9 Å². The first-order chi connectivity index (χ1) is 23.7. The third-order valence-electron chi connectivity index (χ3n) is 7.59. The van der Waals surface area contributed by atoms with Crippen molar-refractivity contribution in [2.45, 2.75) is 71.1 Å². The van der Waals surface area contributed by atoms with E-state index in [-0.39, 0.29) is 22.6 Å². The summed E-state index contributed by atoms with van der Waals surface area (Å²) in [6.07, 6.45) is 12.5. The third kappa shape index (κ3) is 11.8. The fourth-order valence-electron chi connectivity index (χ4n) is 4.96. The number of rotatable bonds is 18. The minimum Gasteiger partial charge on any atom is -0.494 e. The van der Waals surface area contributed by atoms with E-state index in [4.69, 9.17) is 18.9 Å². The molecule has 0 fully saturated rings.